The second-order valence-corrected chi connectivity index (χ2v) is 6.57. The molecule has 1 saturated carbocycles. The zero-order chi connectivity index (χ0) is 14.0. The molecule has 19 heavy (non-hydrogen) atoms. The van der Waals surface area contributed by atoms with Crippen molar-refractivity contribution in [3.63, 3.8) is 0 Å². The van der Waals surface area contributed by atoms with Gasteiger partial charge >= 0.3 is 0 Å². The van der Waals surface area contributed by atoms with Crippen LogP contribution in [0.5, 0.6) is 0 Å². The van der Waals surface area contributed by atoms with E-state index < -0.39 is 0 Å². The minimum atomic E-state index is -0.0586. The van der Waals surface area contributed by atoms with Gasteiger partial charge < -0.3 is 10.2 Å². The Bertz CT molecular complexity index is 486. The molecule has 0 unspecified atom stereocenters. The SMILES string of the molecule is CN(C)C1(CNC(=O)c2ccc(Cl)cc2Br)CCC1. The van der Waals surface area contributed by atoms with Crippen molar-refractivity contribution in [2.24, 2.45) is 0 Å². The van der Waals surface area contributed by atoms with E-state index in [0.717, 1.165) is 17.3 Å². The van der Waals surface area contributed by atoms with Crippen LogP contribution in [0.15, 0.2) is 22.7 Å². The summed E-state index contributed by atoms with van der Waals surface area (Å²) in [6.45, 7) is 0.688. The Balaban J connectivity index is 2.01. The van der Waals surface area contributed by atoms with E-state index in [9.17, 15) is 4.79 Å². The molecule has 3 nitrogen and oxygen atoms in total. The highest BCUT2D eigenvalue weighted by Gasteiger charge is 2.39. The van der Waals surface area contributed by atoms with Crippen molar-refractivity contribution in [1.29, 1.82) is 0 Å². The van der Waals surface area contributed by atoms with Crippen LogP contribution in [0.2, 0.25) is 5.02 Å². The van der Waals surface area contributed by atoms with Gasteiger partial charge in [0.15, 0.2) is 0 Å². The Morgan fingerprint density at radius 3 is 2.63 bits per heavy atom. The van der Waals surface area contributed by atoms with Gasteiger partial charge in [-0.2, -0.15) is 0 Å². The Morgan fingerprint density at radius 2 is 2.16 bits per heavy atom. The number of nitrogens with zero attached hydrogens (tertiary/aromatic N) is 1. The highest BCUT2D eigenvalue weighted by molar-refractivity contribution is 9.10. The second kappa shape index (κ2) is 5.81. The molecule has 1 amide bonds. The fourth-order valence-electron chi connectivity index (χ4n) is 2.38. The van der Waals surface area contributed by atoms with Gasteiger partial charge in [0.05, 0.1) is 5.56 Å². The number of carbonyl (C=O) groups excluding carboxylic acids is 1. The van der Waals surface area contributed by atoms with Crippen LogP contribution in [0, 0.1) is 0 Å². The van der Waals surface area contributed by atoms with Crippen LogP contribution >= 0.6 is 27.5 Å². The van der Waals surface area contributed by atoms with Crippen LogP contribution in [0.25, 0.3) is 0 Å². The van der Waals surface area contributed by atoms with Crippen molar-refractivity contribution in [2.75, 3.05) is 20.6 Å². The van der Waals surface area contributed by atoms with Crippen LogP contribution in [0.3, 0.4) is 0 Å². The predicted octanol–water partition coefficient (Wildman–Crippen LogP) is 3.32. The molecule has 104 valence electrons. The van der Waals surface area contributed by atoms with Crippen LogP contribution in [-0.2, 0) is 0 Å². The molecule has 5 heteroatoms. The predicted molar refractivity (Wildman–Crippen MR) is 81.8 cm³/mol. The molecule has 2 rings (SSSR count). The lowest BCUT2D eigenvalue weighted by Crippen LogP contribution is -2.57. The number of nitrogens with one attached hydrogen (secondary N) is 1. The molecule has 0 aliphatic heterocycles. The number of hydrogen-bond donors (Lipinski definition) is 1. The smallest absolute Gasteiger partial charge is 0.252 e. The maximum absolute atomic E-state index is 12.2. The molecule has 0 saturated heterocycles. The van der Waals surface area contributed by atoms with Gasteiger partial charge in [-0.3, -0.25) is 4.79 Å². The van der Waals surface area contributed by atoms with E-state index in [4.69, 9.17) is 11.6 Å². The highest BCUT2D eigenvalue weighted by atomic mass is 79.9. The molecular formula is C14H18BrClN2O. The number of benzene rings is 1. The van der Waals surface area contributed by atoms with Crippen LogP contribution in [0.1, 0.15) is 29.6 Å². The lowest BCUT2D eigenvalue weighted by Gasteiger charge is -2.47. The highest BCUT2D eigenvalue weighted by Crippen LogP contribution is 2.35. The zero-order valence-electron chi connectivity index (χ0n) is 11.2. The maximum Gasteiger partial charge on any atom is 0.252 e. The van der Waals surface area contributed by atoms with Crippen molar-refractivity contribution < 1.29 is 4.79 Å². The molecule has 0 atom stereocenters. The van der Waals surface area contributed by atoms with Gasteiger partial charge in [0.1, 0.15) is 0 Å². The van der Waals surface area contributed by atoms with Gasteiger partial charge in [0.25, 0.3) is 5.91 Å². The first-order valence-corrected chi connectivity index (χ1v) is 7.52. The summed E-state index contributed by atoms with van der Waals surface area (Å²) in [6.07, 6.45) is 3.52. The molecular weight excluding hydrogens is 328 g/mol. The van der Waals surface area contributed by atoms with Crippen LogP contribution in [-0.4, -0.2) is 37.0 Å². The molecule has 0 heterocycles. The number of carbonyl (C=O) groups is 1. The molecule has 1 aliphatic carbocycles. The number of hydrogen-bond acceptors (Lipinski definition) is 2. The van der Waals surface area contributed by atoms with E-state index in [1.165, 1.54) is 6.42 Å². The largest absolute Gasteiger partial charge is 0.350 e. The molecule has 1 aromatic carbocycles. The lowest BCUT2D eigenvalue weighted by atomic mass is 9.75. The second-order valence-electron chi connectivity index (χ2n) is 5.28. The minimum Gasteiger partial charge on any atom is -0.350 e. The van der Waals surface area contributed by atoms with Gasteiger partial charge in [-0.25, -0.2) is 0 Å². The molecule has 0 radical (unpaired) electrons. The summed E-state index contributed by atoms with van der Waals surface area (Å²) < 4.78 is 0.727. The van der Waals surface area contributed by atoms with Gasteiger partial charge in [-0.1, -0.05) is 11.6 Å². The first-order valence-electron chi connectivity index (χ1n) is 6.35. The first kappa shape index (κ1) is 14.8. The van der Waals surface area contributed by atoms with E-state index in [1.807, 2.05) is 0 Å². The van der Waals surface area contributed by atoms with Gasteiger partial charge in [-0.15, -0.1) is 0 Å². The van der Waals surface area contributed by atoms with E-state index in [0.29, 0.717) is 17.1 Å². The van der Waals surface area contributed by atoms with Gasteiger partial charge in [0, 0.05) is 21.6 Å². The first-order chi connectivity index (χ1) is 8.94. The standard InChI is InChI=1S/C14H18BrClN2O/c1-18(2)14(6-3-7-14)9-17-13(19)11-5-4-10(16)8-12(11)15/h4-5,8H,3,6-7,9H2,1-2H3,(H,17,19). The maximum atomic E-state index is 12.2. The Morgan fingerprint density at radius 1 is 1.47 bits per heavy atom. The Hall–Kier alpha value is -0.580. The van der Waals surface area contributed by atoms with Crippen molar-refractivity contribution in [3.05, 3.63) is 33.3 Å². The van der Waals surface area contributed by atoms with E-state index in [2.05, 4.69) is 40.2 Å². The molecule has 1 aliphatic rings. The number of halogens is 2. The summed E-state index contributed by atoms with van der Waals surface area (Å²) in [7, 11) is 4.15. The Labute approximate surface area is 127 Å². The quantitative estimate of drug-likeness (QED) is 0.908. The van der Waals surface area contributed by atoms with E-state index >= 15 is 0 Å². The van der Waals surface area contributed by atoms with E-state index in [-0.39, 0.29) is 11.4 Å². The number of rotatable bonds is 4. The van der Waals surface area contributed by atoms with Crippen LogP contribution in [0.4, 0.5) is 0 Å². The number of amides is 1. The van der Waals surface area contributed by atoms with Crippen molar-refractivity contribution in [2.45, 2.75) is 24.8 Å². The van der Waals surface area contributed by atoms with Crippen molar-refractivity contribution in [1.82, 2.24) is 10.2 Å². The topological polar surface area (TPSA) is 32.3 Å². The van der Waals surface area contributed by atoms with Gasteiger partial charge in [0.2, 0.25) is 0 Å². The van der Waals surface area contributed by atoms with E-state index in [1.54, 1.807) is 18.2 Å². The summed E-state index contributed by atoms with van der Waals surface area (Å²) in [5.41, 5.74) is 0.756. The summed E-state index contributed by atoms with van der Waals surface area (Å²) in [4.78, 5) is 14.4. The summed E-state index contributed by atoms with van der Waals surface area (Å²) in [6, 6.07) is 5.21. The average Bonchev–Trinajstić information content (AvgIpc) is 2.26. The molecule has 1 aromatic rings. The molecule has 0 bridgehead atoms. The third-order valence-electron chi connectivity index (χ3n) is 3.99. The molecule has 1 fully saturated rings. The van der Waals surface area contributed by atoms with Crippen molar-refractivity contribution >= 4 is 33.4 Å². The molecule has 0 spiro atoms. The zero-order valence-corrected chi connectivity index (χ0v) is 13.5. The summed E-state index contributed by atoms with van der Waals surface area (Å²) >= 11 is 9.25. The normalized spacial score (nSPS) is 17.1. The summed E-state index contributed by atoms with van der Waals surface area (Å²) in [5.74, 6) is -0.0586. The fourth-order valence-corrected chi connectivity index (χ4v) is 3.24. The third-order valence-corrected chi connectivity index (χ3v) is 4.88. The monoisotopic (exact) mass is 344 g/mol. The van der Waals surface area contributed by atoms with Crippen LogP contribution < -0.4 is 5.32 Å². The average molecular weight is 346 g/mol. The minimum absolute atomic E-state index is 0.0586. The van der Waals surface area contributed by atoms with Crippen molar-refractivity contribution in [3.8, 4) is 0 Å². The van der Waals surface area contributed by atoms with Gasteiger partial charge in [-0.05, 0) is 67.5 Å². The number of likely N-dealkylation sites (N-methyl/N-ethyl adjacent to an activating group) is 1. The summed E-state index contributed by atoms with van der Waals surface area (Å²) in [5, 5.41) is 3.65. The lowest BCUT2D eigenvalue weighted by molar-refractivity contribution is 0.0557. The third kappa shape index (κ3) is 3.12. The molecule has 0 aromatic heterocycles. The molecule has 1 N–H and O–H groups in total. The fraction of sp³-hybridized carbons (Fsp3) is 0.500. The Kier molecular flexibility index (Phi) is 4.54.